The third-order valence-electron chi connectivity index (χ3n) is 5.59. The zero-order valence-corrected chi connectivity index (χ0v) is 24.1. The van der Waals surface area contributed by atoms with Crippen molar-refractivity contribution in [3.05, 3.63) is 11.8 Å². The third-order valence-corrected chi connectivity index (χ3v) is 5.59. The van der Waals surface area contributed by atoms with Crippen molar-refractivity contribution in [2.45, 2.75) is 43.7 Å². The first-order valence-corrected chi connectivity index (χ1v) is 13.5. The van der Waals surface area contributed by atoms with Crippen LogP contribution >= 0.6 is 0 Å². The minimum Gasteiger partial charge on any atom is -0.478 e. The molecule has 1 heterocycles. The van der Waals surface area contributed by atoms with Crippen molar-refractivity contribution in [1.29, 1.82) is 0 Å². The number of carboxylic acid groups (broad SMARTS) is 1. The molecule has 0 aromatic carbocycles. The molecular weight excluding hydrogens is 574 g/mol. The van der Waals surface area contributed by atoms with E-state index in [2.05, 4.69) is 21.5 Å². The van der Waals surface area contributed by atoms with Crippen LogP contribution in [0.4, 0.5) is 0 Å². The molecule has 17 heteroatoms. The van der Waals surface area contributed by atoms with Crippen molar-refractivity contribution < 1.29 is 58.1 Å². The standard InChI is InChI=1S/C26H43N5O12/c1-3-6-38-9-11-40-13-14-41-12-10-39-7-4-21(35)29-5-8-42-23(19(34)16-32)24-22(30-17(2)33)18(31-26(27)28)15-20(43-24)25(36)37/h1,15,18-19,22-24,32,34H,4-14,16H2,2H3,(H,29,35)(H,30,33)(H,36,37)(H4,27,28,31)/t18-,19+,22+,23+,24+/m0/s1. The van der Waals surface area contributed by atoms with Gasteiger partial charge in [0.25, 0.3) is 0 Å². The molecule has 0 fully saturated rings. The molecule has 0 saturated heterocycles. The number of hydrogen-bond acceptors (Lipinski definition) is 12. The fourth-order valence-corrected chi connectivity index (χ4v) is 3.76. The zero-order chi connectivity index (χ0) is 32.0. The topological polar surface area (TPSA) is 256 Å². The lowest BCUT2D eigenvalue weighted by molar-refractivity contribution is -0.153. The second-order valence-corrected chi connectivity index (χ2v) is 8.97. The highest BCUT2D eigenvalue weighted by molar-refractivity contribution is 5.85. The van der Waals surface area contributed by atoms with Gasteiger partial charge in [0, 0.05) is 19.9 Å². The number of ether oxygens (including phenoxy) is 6. The van der Waals surface area contributed by atoms with E-state index in [0.717, 1.165) is 6.08 Å². The average Bonchev–Trinajstić information content (AvgIpc) is 2.95. The third kappa shape index (κ3) is 16.1. The van der Waals surface area contributed by atoms with Crippen LogP contribution in [0.5, 0.6) is 0 Å². The molecule has 2 amide bonds. The number of carboxylic acids is 1. The molecule has 43 heavy (non-hydrogen) atoms. The number of aliphatic imine (C=N–C) groups is 1. The first kappa shape index (κ1) is 37.5. The van der Waals surface area contributed by atoms with E-state index in [1.807, 2.05) is 0 Å². The first-order chi connectivity index (χ1) is 20.6. The number of terminal acetylenes is 1. The van der Waals surface area contributed by atoms with E-state index in [4.69, 9.17) is 46.3 Å². The van der Waals surface area contributed by atoms with E-state index >= 15 is 0 Å². The van der Waals surface area contributed by atoms with Crippen LogP contribution in [0.25, 0.3) is 0 Å². The predicted octanol–water partition coefficient (Wildman–Crippen LogP) is -3.56. The Hall–Kier alpha value is -3.50. The molecule has 0 bridgehead atoms. The number of aliphatic carboxylic acids is 1. The second-order valence-electron chi connectivity index (χ2n) is 8.97. The first-order valence-electron chi connectivity index (χ1n) is 13.5. The fourth-order valence-electron chi connectivity index (χ4n) is 3.76. The molecule has 9 N–H and O–H groups in total. The van der Waals surface area contributed by atoms with Crippen molar-refractivity contribution in [2.75, 3.05) is 72.6 Å². The SMILES string of the molecule is C#CCOCCOCCOCCOCCC(=O)NCCO[C@@H]([C@@H]1OC(C(=O)O)=C[C@H](N=C(N)N)[C@H]1NC(C)=O)[C@H](O)CO. The van der Waals surface area contributed by atoms with E-state index in [1.165, 1.54) is 6.92 Å². The lowest BCUT2D eigenvalue weighted by Gasteiger charge is -2.40. The number of nitrogens with two attached hydrogens (primary N) is 2. The molecule has 1 aliphatic rings. The maximum Gasteiger partial charge on any atom is 0.370 e. The van der Waals surface area contributed by atoms with Crippen LogP contribution in [-0.2, 0) is 42.8 Å². The van der Waals surface area contributed by atoms with Crippen molar-refractivity contribution >= 4 is 23.7 Å². The van der Waals surface area contributed by atoms with Gasteiger partial charge in [0.2, 0.25) is 17.6 Å². The predicted molar refractivity (Wildman–Crippen MR) is 150 cm³/mol. The van der Waals surface area contributed by atoms with E-state index in [-0.39, 0.29) is 51.3 Å². The molecule has 0 unspecified atom stereocenters. The summed E-state index contributed by atoms with van der Waals surface area (Å²) in [5.41, 5.74) is 11.0. The summed E-state index contributed by atoms with van der Waals surface area (Å²) < 4.78 is 32.3. The minimum atomic E-state index is -1.56. The van der Waals surface area contributed by atoms with Crippen LogP contribution in [-0.4, -0.2) is 142 Å². The number of carbonyl (C=O) groups is 3. The van der Waals surface area contributed by atoms with E-state index < -0.39 is 54.6 Å². The number of aliphatic hydroxyl groups is 2. The van der Waals surface area contributed by atoms with Gasteiger partial charge >= 0.3 is 5.97 Å². The Labute approximate surface area is 249 Å². The van der Waals surface area contributed by atoms with Crippen molar-refractivity contribution in [2.24, 2.45) is 16.5 Å². The molecule has 0 aliphatic carbocycles. The second kappa shape index (κ2) is 22.1. The van der Waals surface area contributed by atoms with Crippen LogP contribution < -0.4 is 22.1 Å². The van der Waals surface area contributed by atoms with E-state index in [0.29, 0.717) is 33.0 Å². The van der Waals surface area contributed by atoms with Gasteiger partial charge < -0.3 is 65.8 Å². The van der Waals surface area contributed by atoms with Gasteiger partial charge in [-0.1, -0.05) is 5.92 Å². The van der Waals surface area contributed by atoms with E-state index in [9.17, 15) is 29.7 Å². The van der Waals surface area contributed by atoms with Gasteiger partial charge in [-0.05, 0) is 6.08 Å². The summed E-state index contributed by atoms with van der Waals surface area (Å²) in [4.78, 5) is 39.7. The molecule has 17 nitrogen and oxygen atoms in total. The zero-order valence-electron chi connectivity index (χ0n) is 24.1. The quantitative estimate of drug-likeness (QED) is 0.0254. The van der Waals surface area contributed by atoms with Crippen LogP contribution in [0.3, 0.4) is 0 Å². The van der Waals surface area contributed by atoms with Crippen molar-refractivity contribution in [1.82, 2.24) is 10.6 Å². The molecule has 0 saturated carbocycles. The van der Waals surface area contributed by atoms with Gasteiger partial charge in [-0.3, -0.25) is 9.59 Å². The van der Waals surface area contributed by atoms with Crippen LogP contribution in [0.2, 0.25) is 0 Å². The normalized spacial score (nSPS) is 19.2. The number of amides is 2. The Kier molecular flexibility index (Phi) is 19.3. The van der Waals surface area contributed by atoms with Crippen LogP contribution in [0.15, 0.2) is 16.8 Å². The van der Waals surface area contributed by atoms with E-state index in [1.54, 1.807) is 0 Å². The van der Waals surface area contributed by atoms with Crippen molar-refractivity contribution in [3.63, 3.8) is 0 Å². The highest BCUT2D eigenvalue weighted by Gasteiger charge is 2.45. The Balaban J connectivity index is 2.49. The summed E-state index contributed by atoms with van der Waals surface area (Å²) in [5.74, 6) is -0.882. The molecule has 0 spiro atoms. The average molecular weight is 618 g/mol. The number of hydrogen-bond donors (Lipinski definition) is 7. The molecule has 1 aliphatic heterocycles. The Morgan fingerprint density at radius 2 is 1.67 bits per heavy atom. The minimum absolute atomic E-state index is 0.000841. The van der Waals surface area contributed by atoms with Crippen molar-refractivity contribution in [3.8, 4) is 12.3 Å². The maximum absolute atomic E-state index is 12.1. The summed E-state index contributed by atoms with van der Waals surface area (Å²) in [6, 6.07) is -2.16. The largest absolute Gasteiger partial charge is 0.478 e. The Morgan fingerprint density at radius 3 is 2.21 bits per heavy atom. The summed E-state index contributed by atoms with van der Waals surface area (Å²) in [5, 5.41) is 34.8. The highest BCUT2D eigenvalue weighted by Crippen LogP contribution is 2.26. The number of nitrogens with one attached hydrogen (secondary N) is 2. The molecule has 0 aromatic rings. The summed E-state index contributed by atoms with van der Waals surface area (Å²) >= 11 is 0. The number of guanidine groups is 1. The number of aliphatic hydroxyl groups excluding tert-OH is 2. The Morgan fingerprint density at radius 1 is 1.07 bits per heavy atom. The van der Waals surface area contributed by atoms with Gasteiger partial charge in [0.1, 0.15) is 18.8 Å². The number of nitrogens with zero attached hydrogens (tertiary/aromatic N) is 1. The summed E-state index contributed by atoms with van der Waals surface area (Å²) in [6.45, 7) is 2.88. The molecule has 1 rings (SSSR count). The fraction of sp³-hybridized carbons (Fsp3) is 0.692. The smallest absolute Gasteiger partial charge is 0.370 e. The maximum atomic E-state index is 12.1. The van der Waals surface area contributed by atoms with Gasteiger partial charge in [-0.25, -0.2) is 9.79 Å². The number of rotatable bonds is 23. The molecular formula is C26H43N5O12. The number of carbonyl (C=O) groups excluding carboxylic acids is 2. The van der Waals surface area contributed by atoms with Gasteiger partial charge in [0.05, 0.1) is 71.5 Å². The molecule has 5 atom stereocenters. The van der Waals surface area contributed by atoms with Gasteiger partial charge in [-0.15, -0.1) is 6.42 Å². The summed E-state index contributed by atoms with van der Waals surface area (Å²) in [6.07, 6.45) is 1.99. The van der Waals surface area contributed by atoms with Crippen LogP contribution in [0.1, 0.15) is 13.3 Å². The van der Waals surface area contributed by atoms with Crippen LogP contribution in [0, 0.1) is 12.3 Å². The monoisotopic (exact) mass is 617 g/mol. The molecule has 0 radical (unpaired) electrons. The molecule has 244 valence electrons. The lowest BCUT2D eigenvalue weighted by Crippen LogP contribution is -2.60. The lowest BCUT2D eigenvalue weighted by atomic mass is 9.92. The highest BCUT2D eigenvalue weighted by atomic mass is 16.6. The Bertz CT molecular complexity index is 953. The summed E-state index contributed by atoms with van der Waals surface area (Å²) in [7, 11) is 0. The van der Waals surface area contributed by atoms with Gasteiger partial charge in [0.15, 0.2) is 12.1 Å². The molecule has 0 aromatic heterocycles. The van der Waals surface area contributed by atoms with Gasteiger partial charge in [-0.2, -0.15) is 0 Å².